The van der Waals surface area contributed by atoms with E-state index in [0.29, 0.717) is 0 Å². The van der Waals surface area contributed by atoms with E-state index in [0.717, 1.165) is 14.5 Å². The highest BCUT2D eigenvalue weighted by Gasteiger charge is 2.15. The molecule has 0 aliphatic heterocycles. The first kappa shape index (κ1) is 9.82. The summed E-state index contributed by atoms with van der Waals surface area (Å²) >= 11 is 5.02. The smallest absolute Gasteiger partial charge is 0.148 e. The highest BCUT2D eigenvalue weighted by atomic mass is 79.9. The zero-order chi connectivity index (χ0) is 10.1. The molecule has 2 aromatic rings. The average Bonchev–Trinajstić information content (AvgIpc) is 2.73. The van der Waals surface area contributed by atoms with E-state index in [1.165, 1.54) is 6.33 Å². The molecule has 2 rings (SSSR count). The first-order chi connectivity index (χ1) is 6.68. The van der Waals surface area contributed by atoms with Crippen LogP contribution in [0.25, 0.3) is 0 Å². The van der Waals surface area contributed by atoms with Crippen LogP contribution >= 0.6 is 27.3 Å². The molecule has 4 nitrogen and oxygen atoms in total. The second kappa shape index (κ2) is 3.80. The first-order valence-corrected chi connectivity index (χ1v) is 5.64. The van der Waals surface area contributed by atoms with Crippen LogP contribution < -0.4 is 5.73 Å². The van der Waals surface area contributed by atoms with E-state index in [2.05, 4.69) is 26.0 Å². The monoisotopic (exact) mass is 272 g/mol. The number of hydrogen-bond acceptors (Lipinski definition) is 4. The molecule has 0 radical (unpaired) electrons. The van der Waals surface area contributed by atoms with E-state index >= 15 is 0 Å². The van der Waals surface area contributed by atoms with Crippen molar-refractivity contribution < 1.29 is 0 Å². The van der Waals surface area contributed by atoms with Gasteiger partial charge in [0.25, 0.3) is 0 Å². The molecule has 6 heteroatoms. The molecule has 74 valence electrons. The van der Waals surface area contributed by atoms with Crippen molar-refractivity contribution in [3.63, 3.8) is 0 Å². The second-order valence-corrected chi connectivity index (χ2v) is 5.36. The van der Waals surface area contributed by atoms with Gasteiger partial charge in [-0.1, -0.05) is 0 Å². The Balaban J connectivity index is 2.33. The molecular formula is C8H9BrN4S. The van der Waals surface area contributed by atoms with Crippen molar-refractivity contribution in [2.75, 3.05) is 0 Å². The molecule has 1 unspecified atom stereocenters. The Morgan fingerprint density at radius 3 is 2.86 bits per heavy atom. The molecule has 0 fully saturated rings. The van der Waals surface area contributed by atoms with Crippen molar-refractivity contribution >= 4 is 27.3 Å². The minimum Gasteiger partial charge on any atom is -0.317 e. The molecule has 2 aromatic heterocycles. The molecule has 0 aromatic carbocycles. The van der Waals surface area contributed by atoms with Gasteiger partial charge in [0.1, 0.15) is 12.2 Å². The van der Waals surface area contributed by atoms with Gasteiger partial charge < -0.3 is 5.73 Å². The number of aromatic nitrogens is 3. The lowest BCUT2D eigenvalue weighted by molar-refractivity contribution is 0.664. The second-order valence-electron chi connectivity index (χ2n) is 2.86. The van der Waals surface area contributed by atoms with Crippen LogP contribution in [0.2, 0.25) is 0 Å². The standard InChI is InChI=1S/C8H9BrN4S/c1-13-8(11-4-12-13)7(10)5-2-3-6(9)14-5/h2-4,7H,10H2,1H3. The molecule has 0 spiro atoms. The maximum absolute atomic E-state index is 6.04. The van der Waals surface area contributed by atoms with Crippen LogP contribution in [-0.4, -0.2) is 14.8 Å². The fourth-order valence-electron chi connectivity index (χ4n) is 1.21. The van der Waals surface area contributed by atoms with Gasteiger partial charge in [-0.3, -0.25) is 4.68 Å². The first-order valence-electron chi connectivity index (χ1n) is 4.03. The molecule has 2 heterocycles. The van der Waals surface area contributed by atoms with E-state index < -0.39 is 0 Å². The molecule has 14 heavy (non-hydrogen) atoms. The fraction of sp³-hybridized carbons (Fsp3) is 0.250. The Bertz CT molecular complexity index is 436. The van der Waals surface area contributed by atoms with Crippen LogP contribution in [0.15, 0.2) is 22.2 Å². The normalized spacial score (nSPS) is 13.1. The average molecular weight is 273 g/mol. The summed E-state index contributed by atoms with van der Waals surface area (Å²) in [5.41, 5.74) is 6.04. The van der Waals surface area contributed by atoms with Crippen molar-refractivity contribution in [1.82, 2.24) is 14.8 Å². The maximum atomic E-state index is 6.04. The van der Waals surface area contributed by atoms with E-state index in [-0.39, 0.29) is 6.04 Å². The lowest BCUT2D eigenvalue weighted by Crippen LogP contribution is -2.15. The van der Waals surface area contributed by atoms with Gasteiger partial charge in [-0.05, 0) is 28.1 Å². The molecule has 0 saturated carbocycles. The number of hydrogen-bond donors (Lipinski definition) is 1. The van der Waals surface area contributed by atoms with Gasteiger partial charge >= 0.3 is 0 Å². The van der Waals surface area contributed by atoms with Crippen molar-refractivity contribution in [3.8, 4) is 0 Å². The van der Waals surface area contributed by atoms with Crippen LogP contribution in [0.4, 0.5) is 0 Å². The Morgan fingerprint density at radius 1 is 1.57 bits per heavy atom. The van der Waals surface area contributed by atoms with Crippen molar-refractivity contribution in [2.45, 2.75) is 6.04 Å². The van der Waals surface area contributed by atoms with Gasteiger partial charge in [0.05, 0.1) is 9.83 Å². The topological polar surface area (TPSA) is 56.7 Å². The predicted molar refractivity (Wildman–Crippen MR) is 59.1 cm³/mol. The van der Waals surface area contributed by atoms with Crippen LogP contribution in [0.3, 0.4) is 0 Å². The summed E-state index contributed by atoms with van der Waals surface area (Å²) in [6, 6.07) is 3.78. The summed E-state index contributed by atoms with van der Waals surface area (Å²) in [6.45, 7) is 0. The molecule has 0 bridgehead atoms. The SMILES string of the molecule is Cn1ncnc1C(N)c1ccc(Br)s1. The number of nitrogens with zero attached hydrogens (tertiary/aromatic N) is 3. The van der Waals surface area contributed by atoms with Crippen molar-refractivity contribution in [1.29, 1.82) is 0 Å². The minimum absolute atomic E-state index is 0.196. The Hall–Kier alpha value is -0.720. The van der Waals surface area contributed by atoms with Gasteiger partial charge in [0.15, 0.2) is 0 Å². The van der Waals surface area contributed by atoms with Gasteiger partial charge in [0.2, 0.25) is 0 Å². The zero-order valence-electron chi connectivity index (χ0n) is 7.51. The molecule has 0 amide bonds. The lowest BCUT2D eigenvalue weighted by atomic mass is 10.2. The summed E-state index contributed by atoms with van der Waals surface area (Å²) < 4.78 is 2.77. The Kier molecular flexibility index (Phi) is 2.66. The van der Waals surface area contributed by atoms with E-state index in [4.69, 9.17) is 5.73 Å². The number of thiophene rings is 1. The highest BCUT2D eigenvalue weighted by molar-refractivity contribution is 9.11. The van der Waals surface area contributed by atoms with Crippen molar-refractivity contribution in [3.05, 3.63) is 32.9 Å². The number of rotatable bonds is 2. The maximum Gasteiger partial charge on any atom is 0.148 e. The van der Waals surface area contributed by atoms with Crippen LogP contribution in [0.1, 0.15) is 16.7 Å². The summed E-state index contributed by atoms with van der Waals surface area (Å²) in [6.07, 6.45) is 1.51. The zero-order valence-corrected chi connectivity index (χ0v) is 9.92. The predicted octanol–water partition coefficient (Wildman–Crippen LogP) is 1.69. The summed E-state index contributed by atoms with van der Waals surface area (Å²) in [4.78, 5) is 5.20. The van der Waals surface area contributed by atoms with E-state index in [9.17, 15) is 0 Å². The minimum atomic E-state index is -0.196. The molecular weight excluding hydrogens is 264 g/mol. The Labute approximate surface area is 93.9 Å². The molecule has 0 aliphatic carbocycles. The van der Waals surface area contributed by atoms with Gasteiger partial charge in [-0.25, -0.2) is 4.98 Å². The summed E-state index contributed by atoms with van der Waals surface area (Å²) in [5.74, 6) is 0.777. The Morgan fingerprint density at radius 2 is 2.36 bits per heavy atom. The van der Waals surface area contributed by atoms with Crippen LogP contribution in [-0.2, 0) is 7.05 Å². The third-order valence-corrected chi connectivity index (χ3v) is 3.63. The largest absolute Gasteiger partial charge is 0.317 e. The summed E-state index contributed by atoms with van der Waals surface area (Å²) in [5, 5.41) is 3.99. The van der Waals surface area contributed by atoms with Crippen LogP contribution in [0.5, 0.6) is 0 Å². The molecule has 0 aliphatic rings. The van der Waals surface area contributed by atoms with Gasteiger partial charge in [-0.15, -0.1) is 11.3 Å². The highest BCUT2D eigenvalue weighted by Crippen LogP contribution is 2.28. The third-order valence-electron chi connectivity index (χ3n) is 1.93. The van der Waals surface area contributed by atoms with E-state index in [1.807, 2.05) is 19.2 Å². The van der Waals surface area contributed by atoms with Crippen LogP contribution in [0, 0.1) is 0 Å². The number of nitrogens with two attached hydrogens (primary N) is 1. The third kappa shape index (κ3) is 1.73. The molecule has 2 N–H and O–H groups in total. The number of halogens is 1. The fourth-order valence-corrected chi connectivity index (χ4v) is 2.63. The summed E-state index contributed by atoms with van der Waals surface area (Å²) in [7, 11) is 1.84. The quantitative estimate of drug-likeness (QED) is 0.905. The molecule has 0 saturated heterocycles. The number of aryl methyl sites for hydroxylation is 1. The van der Waals surface area contributed by atoms with Gasteiger partial charge in [0, 0.05) is 11.9 Å². The molecule has 1 atom stereocenters. The van der Waals surface area contributed by atoms with Crippen molar-refractivity contribution in [2.24, 2.45) is 12.8 Å². The van der Waals surface area contributed by atoms with E-state index in [1.54, 1.807) is 16.0 Å². The van der Waals surface area contributed by atoms with Gasteiger partial charge in [-0.2, -0.15) is 5.10 Å². The lowest BCUT2D eigenvalue weighted by Gasteiger charge is -2.07.